The summed E-state index contributed by atoms with van der Waals surface area (Å²) >= 11 is 0. The number of halogens is 1. The molecule has 1 saturated heterocycles. The van der Waals surface area contributed by atoms with Gasteiger partial charge in [-0.25, -0.2) is 9.37 Å². The quantitative estimate of drug-likeness (QED) is 0.614. The number of methoxy groups -OCH3 is 1. The van der Waals surface area contributed by atoms with Gasteiger partial charge in [-0.15, -0.1) is 0 Å². The second-order valence-electron chi connectivity index (χ2n) is 6.94. The normalized spacial score (nSPS) is 14.5. The highest BCUT2D eigenvalue weighted by Crippen LogP contribution is 2.27. The Bertz CT molecular complexity index is 983. The van der Waals surface area contributed by atoms with Crippen molar-refractivity contribution in [2.75, 3.05) is 20.2 Å². The van der Waals surface area contributed by atoms with Gasteiger partial charge in [-0.05, 0) is 43.2 Å². The summed E-state index contributed by atoms with van der Waals surface area (Å²) in [5, 5.41) is 4.06. The van der Waals surface area contributed by atoms with Gasteiger partial charge >= 0.3 is 0 Å². The number of hydrogen-bond donors (Lipinski definition) is 0. The van der Waals surface area contributed by atoms with E-state index in [-0.39, 0.29) is 24.2 Å². The number of carbonyl (C=O) groups is 1. The molecule has 3 heterocycles. The van der Waals surface area contributed by atoms with Crippen LogP contribution in [-0.4, -0.2) is 46.1 Å². The second-order valence-corrected chi connectivity index (χ2v) is 6.94. The molecule has 1 aliphatic heterocycles. The predicted molar refractivity (Wildman–Crippen MR) is 104 cm³/mol. The minimum atomic E-state index is -0.324. The number of amides is 1. The van der Waals surface area contributed by atoms with Crippen LogP contribution in [0.1, 0.15) is 40.8 Å². The molecule has 9 heteroatoms. The maximum absolute atomic E-state index is 12.9. The third-order valence-corrected chi connectivity index (χ3v) is 5.00. The monoisotopic (exact) mass is 412 g/mol. The minimum absolute atomic E-state index is 0.0508. The maximum atomic E-state index is 12.9. The van der Waals surface area contributed by atoms with E-state index in [2.05, 4.69) is 15.1 Å². The zero-order valence-corrected chi connectivity index (χ0v) is 16.5. The molecule has 8 nitrogen and oxygen atoms in total. The van der Waals surface area contributed by atoms with Crippen molar-refractivity contribution in [1.82, 2.24) is 20.0 Å². The second kappa shape index (κ2) is 8.89. The molecule has 1 amide bonds. The van der Waals surface area contributed by atoms with E-state index in [1.54, 1.807) is 17.0 Å². The molecule has 3 aromatic rings. The molecule has 0 radical (unpaired) electrons. The standard InChI is InChI=1S/C21H21FN4O4/c1-28-18-7-2-15(12-23-18)21(27)26-10-8-14(9-11-26)20-24-19(30-25-20)13-29-17-5-3-16(22)4-6-17/h2-7,12,14H,8-11,13H2,1H3. The average Bonchev–Trinajstić information content (AvgIpc) is 3.27. The van der Waals surface area contributed by atoms with Crippen LogP contribution in [-0.2, 0) is 6.61 Å². The largest absolute Gasteiger partial charge is 0.484 e. The molecule has 2 aromatic heterocycles. The summed E-state index contributed by atoms with van der Waals surface area (Å²) in [5.41, 5.74) is 0.536. The lowest BCUT2D eigenvalue weighted by Gasteiger charge is -2.30. The van der Waals surface area contributed by atoms with Crippen molar-refractivity contribution < 1.29 is 23.2 Å². The first-order chi connectivity index (χ1) is 14.6. The van der Waals surface area contributed by atoms with E-state index in [0.717, 1.165) is 12.8 Å². The van der Waals surface area contributed by atoms with E-state index in [9.17, 15) is 9.18 Å². The summed E-state index contributed by atoms with van der Waals surface area (Å²) in [7, 11) is 1.53. The van der Waals surface area contributed by atoms with Gasteiger partial charge in [0, 0.05) is 31.3 Å². The highest BCUT2D eigenvalue weighted by atomic mass is 19.1. The predicted octanol–water partition coefficient (Wildman–Crippen LogP) is 3.21. The molecule has 0 spiro atoms. The van der Waals surface area contributed by atoms with Crippen LogP contribution >= 0.6 is 0 Å². The fraction of sp³-hybridized carbons (Fsp3) is 0.333. The van der Waals surface area contributed by atoms with Gasteiger partial charge in [0.25, 0.3) is 11.8 Å². The zero-order chi connectivity index (χ0) is 20.9. The molecule has 1 fully saturated rings. The molecule has 1 aliphatic rings. The molecule has 0 atom stereocenters. The lowest BCUT2D eigenvalue weighted by atomic mass is 9.96. The first-order valence-electron chi connectivity index (χ1n) is 9.62. The number of piperidine rings is 1. The van der Waals surface area contributed by atoms with Crippen molar-refractivity contribution in [2.45, 2.75) is 25.4 Å². The van der Waals surface area contributed by atoms with Crippen LogP contribution in [0.4, 0.5) is 4.39 Å². The molecule has 30 heavy (non-hydrogen) atoms. The number of ether oxygens (including phenoxy) is 2. The van der Waals surface area contributed by atoms with Crippen molar-refractivity contribution in [3.8, 4) is 11.6 Å². The highest BCUT2D eigenvalue weighted by Gasteiger charge is 2.27. The fourth-order valence-corrected chi connectivity index (χ4v) is 3.32. The van der Waals surface area contributed by atoms with E-state index in [4.69, 9.17) is 14.0 Å². The van der Waals surface area contributed by atoms with Crippen molar-refractivity contribution in [2.24, 2.45) is 0 Å². The summed E-state index contributed by atoms with van der Waals surface area (Å²) in [5.74, 6) is 1.72. The number of carbonyl (C=O) groups excluding carboxylic acids is 1. The zero-order valence-electron chi connectivity index (χ0n) is 16.5. The molecular weight excluding hydrogens is 391 g/mol. The van der Waals surface area contributed by atoms with Crippen molar-refractivity contribution in [1.29, 1.82) is 0 Å². The van der Waals surface area contributed by atoms with Crippen molar-refractivity contribution in [3.63, 3.8) is 0 Å². The van der Waals surface area contributed by atoms with Crippen LogP contribution in [0.15, 0.2) is 47.1 Å². The SMILES string of the molecule is COc1ccc(C(=O)N2CCC(c3noc(COc4ccc(F)cc4)n3)CC2)cn1. The van der Waals surface area contributed by atoms with Gasteiger partial charge in [0.05, 0.1) is 12.7 Å². The molecule has 1 aromatic carbocycles. The Morgan fingerprint density at radius 1 is 1.20 bits per heavy atom. The first-order valence-corrected chi connectivity index (χ1v) is 9.62. The van der Waals surface area contributed by atoms with E-state index < -0.39 is 0 Å². The van der Waals surface area contributed by atoms with Crippen LogP contribution in [0, 0.1) is 5.82 Å². The summed E-state index contributed by atoms with van der Waals surface area (Å²) in [6.07, 6.45) is 3.01. The molecule has 0 bridgehead atoms. The van der Waals surface area contributed by atoms with Gasteiger partial charge in [0.2, 0.25) is 5.88 Å². The van der Waals surface area contributed by atoms with Crippen LogP contribution in [0.25, 0.3) is 0 Å². The molecular formula is C21H21FN4O4. The number of hydrogen-bond acceptors (Lipinski definition) is 7. The molecule has 0 N–H and O–H groups in total. The van der Waals surface area contributed by atoms with Crippen LogP contribution in [0.5, 0.6) is 11.6 Å². The number of pyridine rings is 1. The third-order valence-electron chi connectivity index (χ3n) is 5.00. The molecule has 0 aliphatic carbocycles. The van der Waals surface area contributed by atoms with E-state index in [1.807, 2.05) is 0 Å². The van der Waals surface area contributed by atoms with Crippen molar-refractivity contribution in [3.05, 3.63) is 65.7 Å². The summed E-state index contributed by atoms with van der Waals surface area (Å²) in [4.78, 5) is 22.9. The number of rotatable bonds is 6. The van der Waals surface area contributed by atoms with E-state index >= 15 is 0 Å². The lowest BCUT2D eigenvalue weighted by Crippen LogP contribution is -2.38. The van der Waals surface area contributed by atoms with Gasteiger partial charge in [0.1, 0.15) is 11.6 Å². The number of aromatic nitrogens is 3. The van der Waals surface area contributed by atoms with Crippen LogP contribution in [0.3, 0.4) is 0 Å². The topological polar surface area (TPSA) is 90.6 Å². The Labute approximate surface area is 172 Å². The minimum Gasteiger partial charge on any atom is -0.484 e. The van der Waals surface area contributed by atoms with Gasteiger partial charge in [-0.1, -0.05) is 5.16 Å². The first kappa shape index (κ1) is 19.8. The Morgan fingerprint density at radius 3 is 2.63 bits per heavy atom. The van der Waals surface area contributed by atoms with Gasteiger partial charge < -0.3 is 18.9 Å². The van der Waals surface area contributed by atoms with Gasteiger partial charge in [-0.2, -0.15) is 4.98 Å². The van der Waals surface area contributed by atoms with Gasteiger partial charge in [0.15, 0.2) is 12.4 Å². The van der Waals surface area contributed by atoms with E-state index in [0.29, 0.717) is 42.0 Å². The number of nitrogens with zero attached hydrogens (tertiary/aromatic N) is 4. The average molecular weight is 412 g/mol. The smallest absolute Gasteiger partial charge is 0.264 e. The van der Waals surface area contributed by atoms with Crippen LogP contribution < -0.4 is 9.47 Å². The summed E-state index contributed by atoms with van der Waals surface area (Å²) in [6, 6.07) is 9.12. The van der Waals surface area contributed by atoms with E-state index in [1.165, 1.54) is 37.6 Å². The molecule has 156 valence electrons. The Balaban J connectivity index is 1.29. The maximum Gasteiger partial charge on any atom is 0.264 e. The van der Waals surface area contributed by atoms with Gasteiger partial charge in [-0.3, -0.25) is 4.79 Å². The Morgan fingerprint density at radius 2 is 1.97 bits per heavy atom. The fourth-order valence-electron chi connectivity index (χ4n) is 3.32. The lowest BCUT2D eigenvalue weighted by molar-refractivity contribution is 0.0710. The summed E-state index contributed by atoms with van der Waals surface area (Å²) in [6.45, 7) is 1.32. The van der Waals surface area contributed by atoms with Crippen LogP contribution in [0.2, 0.25) is 0 Å². The third kappa shape index (κ3) is 4.56. The Hall–Kier alpha value is -3.49. The molecule has 0 saturated carbocycles. The summed E-state index contributed by atoms with van der Waals surface area (Å²) < 4.78 is 28.8. The van der Waals surface area contributed by atoms with Crippen molar-refractivity contribution >= 4 is 5.91 Å². The number of likely N-dealkylation sites (tertiary alicyclic amines) is 1. The highest BCUT2D eigenvalue weighted by molar-refractivity contribution is 5.94. The Kier molecular flexibility index (Phi) is 5.87. The molecule has 4 rings (SSSR count). The number of benzene rings is 1. The molecule has 0 unspecified atom stereocenters.